The van der Waals surface area contributed by atoms with Crippen LogP contribution in [0.3, 0.4) is 0 Å². The highest BCUT2D eigenvalue weighted by Crippen LogP contribution is 2.27. The van der Waals surface area contributed by atoms with E-state index in [0.29, 0.717) is 0 Å². The van der Waals surface area contributed by atoms with Crippen molar-refractivity contribution in [1.82, 2.24) is 9.97 Å². The second kappa shape index (κ2) is 5.14. The van der Waals surface area contributed by atoms with Gasteiger partial charge in [-0.25, -0.2) is 14.8 Å². The predicted octanol–water partition coefficient (Wildman–Crippen LogP) is 2.99. The summed E-state index contributed by atoms with van der Waals surface area (Å²) in [4.78, 5) is 18.7. The molecule has 0 fully saturated rings. The Morgan fingerprint density at radius 2 is 2.22 bits per heavy atom. The maximum atomic E-state index is 11.0. The molecular formula is C12H10BrN3O2. The zero-order valence-electron chi connectivity index (χ0n) is 9.51. The lowest BCUT2D eigenvalue weighted by atomic mass is 10.2. The van der Waals surface area contributed by atoms with Gasteiger partial charge in [0, 0.05) is 10.7 Å². The molecule has 2 aromatic rings. The quantitative estimate of drug-likeness (QED) is 0.911. The van der Waals surface area contributed by atoms with Gasteiger partial charge in [-0.2, -0.15) is 0 Å². The number of carbonyl (C=O) groups is 1. The van der Waals surface area contributed by atoms with Crippen LogP contribution in [0.4, 0.5) is 11.5 Å². The van der Waals surface area contributed by atoms with E-state index in [1.54, 1.807) is 0 Å². The van der Waals surface area contributed by atoms with Crippen LogP contribution in [-0.2, 0) is 0 Å². The van der Waals surface area contributed by atoms with E-state index in [-0.39, 0.29) is 11.4 Å². The average molecular weight is 308 g/mol. The van der Waals surface area contributed by atoms with Crippen molar-refractivity contribution in [2.75, 3.05) is 5.32 Å². The van der Waals surface area contributed by atoms with Crippen LogP contribution in [0.2, 0.25) is 0 Å². The van der Waals surface area contributed by atoms with Gasteiger partial charge in [0.2, 0.25) is 0 Å². The van der Waals surface area contributed by atoms with Gasteiger partial charge in [0.1, 0.15) is 17.7 Å². The summed E-state index contributed by atoms with van der Waals surface area (Å²) in [6, 6.07) is 5.74. The number of nitrogens with one attached hydrogen (secondary N) is 1. The van der Waals surface area contributed by atoms with E-state index >= 15 is 0 Å². The number of rotatable bonds is 3. The Morgan fingerprint density at radius 3 is 2.94 bits per heavy atom. The number of hydrogen-bond donors (Lipinski definition) is 2. The summed E-state index contributed by atoms with van der Waals surface area (Å²) in [5, 5.41) is 12.0. The normalized spacial score (nSPS) is 10.1. The molecule has 1 aromatic carbocycles. The van der Waals surface area contributed by atoms with Crippen LogP contribution in [0.25, 0.3) is 0 Å². The lowest BCUT2D eigenvalue weighted by Crippen LogP contribution is -2.05. The molecular weight excluding hydrogens is 298 g/mol. The SMILES string of the molecule is Cc1ccc(Br)c(Nc2ncncc2C(=O)O)c1. The molecule has 0 aliphatic carbocycles. The fourth-order valence-electron chi connectivity index (χ4n) is 1.45. The number of anilines is 2. The largest absolute Gasteiger partial charge is 0.477 e. The first kappa shape index (κ1) is 12.5. The average Bonchev–Trinajstić information content (AvgIpc) is 2.34. The monoisotopic (exact) mass is 307 g/mol. The predicted molar refractivity (Wildman–Crippen MR) is 71.2 cm³/mol. The third-order valence-electron chi connectivity index (χ3n) is 2.32. The first-order valence-electron chi connectivity index (χ1n) is 5.14. The number of aromatic nitrogens is 2. The van der Waals surface area contributed by atoms with Crippen molar-refractivity contribution in [3.05, 3.63) is 46.3 Å². The fourth-order valence-corrected chi connectivity index (χ4v) is 1.79. The lowest BCUT2D eigenvalue weighted by molar-refractivity contribution is 0.0697. The molecule has 1 heterocycles. The summed E-state index contributed by atoms with van der Waals surface area (Å²) >= 11 is 3.40. The van der Waals surface area contributed by atoms with Gasteiger partial charge < -0.3 is 10.4 Å². The van der Waals surface area contributed by atoms with Crippen LogP contribution >= 0.6 is 15.9 Å². The van der Waals surface area contributed by atoms with E-state index in [1.807, 2.05) is 25.1 Å². The Kier molecular flexibility index (Phi) is 3.57. The van der Waals surface area contributed by atoms with Crippen LogP contribution in [0.15, 0.2) is 35.2 Å². The summed E-state index contributed by atoms with van der Waals surface area (Å²) < 4.78 is 0.836. The van der Waals surface area contributed by atoms with Crippen molar-refractivity contribution in [3.8, 4) is 0 Å². The second-order valence-corrected chi connectivity index (χ2v) is 4.55. The molecule has 0 radical (unpaired) electrons. The maximum absolute atomic E-state index is 11.0. The Hall–Kier alpha value is -1.95. The molecule has 1 aromatic heterocycles. The third-order valence-corrected chi connectivity index (χ3v) is 3.01. The highest BCUT2D eigenvalue weighted by Gasteiger charge is 2.12. The zero-order chi connectivity index (χ0) is 13.1. The number of nitrogens with zero attached hydrogens (tertiary/aromatic N) is 2. The third kappa shape index (κ3) is 2.65. The van der Waals surface area contributed by atoms with Gasteiger partial charge in [-0.1, -0.05) is 6.07 Å². The van der Waals surface area contributed by atoms with Crippen LogP contribution < -0.4 is 5.32 Å². The highest BCUT2D eigenvalue weighted by atomic mass is 79.9. The molecule has 2 rings (SSSR count). The van der Waals surface area contributed by atoms with E-state index < -0.39 is 5.97 Å². The molecule has 0 spiro atoms. The van der Waals surface area contributed by atoms with Crippen molar-refractivity contribution in [3.63, 3.8) is 0 Å². The smallest absolute Gasteiger partial charge is 0.341 e. The van der Waals surface area contributed by atoms with Crippen molar-refractivity contribution in [2.45, 2.75) is 6.92 Å². The summed E-state index contributed by atoms with van der Waals surface area (Å²) in [6.45, 7) is 1.95. The van der Waals surface area contributed by atoms with Gasteiger partial charge in [-0.3, -0.25) is 0 Å². The molecule has 6 heteroatoms. The second-order valence-electron chi connectivity index (χ2n) is 3.70. The minimum absolute atomic E-state index is 0.0332. The van der Waals surface area contributed by atoms with Gasteiger partial charge in [-0.05, 0) is 40.5 Å². The fraction of sp³-hybridized carbons (Fsp3) is 0.0833. The molecule has 0 saturated carbocycles. The molecule has 5 nitrogen and oxygen atoms in total. The van der Waals surface area contributed by atoms with Crippen LogP contribution in [-0.4, -0.2) is 21.0 Å². The molecule has 0 aliphatic heterocycles. The number of aromatic carboxylic acids is 1. The van der Waals surface area contributed by atoms with Crippen LogP contribution in [0.5, 0.6) is 0 Å². The molecule has 0 aliphatic rings. The highest BCUT2D eigenvalue weighted by molar-refractivity contribution is 9.10. The van der Waals surface area contributed by atoms with Gasteiger partial charge in [-0.15, -0.1) is 0 Å². The minimum Gasteiger partial charge on any atom is -0.477 e. The molecule has 18 heavy (non-hydrogen) atoms. The molecule has 0 unspecified atom stereocenters. The summed E-state index contributed by atoms with van der Waals surface area (Å²) in [7, 11) is 0. The number of hydrogen-bond acceptors (Lipinski definition) is 4. The van der Waals surface area contributed by atoms with Gasteiger partial charge in [0.15, 0.2) is 0 Å². The molecule has 0 amide bonds. The van der Waals surface area contributed by atoms with Crippen molar-refractivity contribution >= 4 is 33.4 Å². The van der Waals surface area contributed by atoms with Crippen molar-refractivity contribution < 1.29 is 9.90 Å². The van der Waals surface area contributed by atoms with Crippen LogP contribution in [0, 0.1) is 6.92 Å². The first-order valence-corrected chi connectivity index (χ1v) is 5.93. The van der Waals surface area contributed by atoms with Crippen LogP contribution in [0.1, 0.15) is 15.9 Å². The van der Waals surface area contributed by atoms with E-state index in [1.165, 1.54) is 12.5 Å². The van der Waals surface area contributed by atoms with E-state index in [4.69, 9.17) is 5.11 Å². The van der Waals surface area contributed by atoms with Crippen molar-refractivity contribution in [1.29, 1.82) is 0 Å². The number of benzene rings is 1. The van der Waals surface area contributed by atoms with E-state index in [9.17, 15) is 4.79 Å². The number of aryl methyl sites for hydroxylation is 1. The Bertz CT molecular complexity index is 602. The van der Waals surface area contributed by atoms with Gasteiger partial charge in [0.05, 0.1) is 5.69 Å². The molecule has 0 saturated heterocycles. The van der Waals surface area contributed by atoms with Gasteiger partial charge >= 0.3 is 5.97 Å². The molecule has 0 atom stereocenters. The Balaban J connectivity index is 2.40. The zero-order valence-corrected chi connectivity index (χ0v) is 11.1. The summed E-state index contributed by atoms with van der Waals surface area (Å²) in [5.41, 5.74) is 1.86. The molecule has 92 valence electrons. The Morgan fingerprint density at radius 1 is 1.44 bits per heavy atom. The Labute approximate surface area is 112 Å². The number of carboxylic acids is 1. The topological polar surface area (TPSA) is 75.1 Å². The van der Waals surface area contributed by atoms with E-state index in [2.05, 4.69) is 31.2 Å². The molecule has 0 bridgehead atoms. The van der Waals surface area contributed by atoms with Gasteiger partial charge in [0.25, 0.3) is 0 Å². The maximum Gasteiger partial charge on any atom is 0.341 e. The summed E-state index contributed by atoms with van der Waals surface area (Å²) in [6.07, 6.45) is 2.57. The van der Waals surface area contributed by atoms with Crippen molar-refractivity contribution in [2.24, 2.45) is 0 Å². The number of carboxylic acid groups (broad SMARTS) is 1. The lowest BCUT2D eigenvalue weighted by Gasteiger charge is -2.10. The summed E-state index contributed by atoms with van der Waals surface area (Å²) in [5.74, 6) is -0.800. The van der Waals surface area contributed by atoms with E-state index in [0.717, 1.165) is 15.7 Å². The molecule has 2 N–H and O–H groups in total. The minimum atomic E-state index is -1.07. The first-order chi connectivity index (χ1) is 8.58. The number of halogens is 1. The standard InChI is InChI=1S/C12H10BrN3O2/c1-7-2-3-9(13)10(4-7)16-11-8(12(17)18)5-14-6-15-11/h2-6H,1H3,(H,17,18)(H,14,15,16).